The summed E-state index contributed by atoms with van der Waals surface area (Å²) in [6.45, 7) is 9.26. The fourth-order valence-electron chi connectivity index (χ4n) is 5.05. The molecule has 2 heterocycles. The number of aryl methyl sites for hydroxylation is 1. The number of methoxy groups -OCH3 is 1. The Morgan fingerprint density at radius 3 is 2.51 bits per heavy atom. The zero-order chi connectivity index (χ0) is 25.0. The minimum absolute atomic E-state index is 0.0809. The van der Waals surface area contributed by atoms with Gasteiger partial charge in [0, 0.05) is 10.6 Å². The standard InChI is InChI=1S/C29H40N2O2S2/c1-6-7-8-9-10-11-18-34-28-30-26-25(23-17-12-20(29(2,3)4)19-24(23)35-26)27(32)31(28)21-13-15-22(33-5)16-14-21/h13-16,20H,6-12,17-19H2,1-5H3. The van der Waals surface area contributed by atoms with E-state index in [9.17, 15) is 4.79 Å². The number of unbranched alkanes of at least 4 members (excludes halogenated alkanes) is 5. The van der Waals surface area contributed by atoms with Crippen LogP contribution in [0.25, 0.3) is 15.9 Å². The van der Waals surface area contributed by atoms with Crippen molar-refractivity contribution in [3.05, 3.63) is 45.1 Å². The summed E-state index contributed by atoms with van der Waals surface area (Å²) in [5.41, 5.74) is 2.47. The second-order valence-corrected chi connectivity index (χ2v) is 13.0. The lowest BCUT2D eigenvalue weighted by molar-refractivity contribution is 0.218. The van der Waals surface area contributed by atoms with Crippen molar-refractivity contribution in [2.24, 2.45) is 11.3 Å². The van der Waals surface area contributed by atoms with Gasteiger partial charge in [0.2, 0.25) is 0 Å². The van der Waals surface area contributed by atoms with Gasteiger partial charge >= 0.3 is 0 Å². The average Bonchev–Trinajstić information content (AvgIpc) is 3.21. The summed E-state index contributed by atoms with van der Waals surface area (Å²) >= 11 is 3.48. The van der Waals surface area contributed by atoms with Crippen LogP contribution in [0.4, 0.5) is 0 Å². The molecule has 0 saturated carbocycles. The molecule has 1 aromatic carbocycles. The molecule has 0 aliphatic heterocycles. The lowest BCUT2D eigenvalue weighted by Gasteiger charge is -2.33. The van der Waals surface area contributed by atoms with E-state index in [0.29, 0.717) is 5.92 Å². The molecule has 1 aliphatic carbocycles. The van der Waals surface area contributed by atoms with Crippen molar-refractivity contribution < 1.29 is 4.74 Å². The third-order valence-electron chi connectivity index (χ3n) is 7.34. The zero-order valence-corrected chi connectivity index (χ0v) is 23.6. The number of thiophene rings is 1. The molecular weight excluding hydrogens is 472 g/mol. The van der Waals surface area contributed by atoms with Crippen LogP contribution in [0.1, 0.15) is 83.1 Å². The molecule has 3 aromatic rings. The molecular formula is C29H40N2O2S2. The number of benzene rings is 1. The maximum atomic E-state index is 14.0. The monoisotopic (exact) mass is 512 g/mol. The van der Waals surface area contributed by atoms with Crippen molar-refractivity contribution in [3.8, 4) is 11.4 Å². The quantitative estimate of drug-likeness (QED) is 0.157. The van der Waals surface area contributed by atoms with Gasteiger partial charge in [-0.1, -0.05) is 71.6 Å². The van der Waals surface area contributed by atoms with Gasteiger partial charge in [-0.3, -0.25) is 9.36 Å². The van der Waals surface area contributed by atoms with Gasteiger partial charge in [0.25, 0.3) is 5.56 Å². The van der Waals surface area contributed by atoms with Crippen molar-refractivity contribution in [2.45, 2.75) is 90.6 Å². The Morgan fingerprint density at radius 2 is 1.83 bits per heavy atom. The molecule has 0 N–H and O–H groups in total. The van der Waals surface area contributed by atoms with Crippen LogP contribution < -0.4 is 10.3 Å². The molecule has 0 spiro atoms. The normalized spacial score (nSPS) is 16.0. The number of fused-ring (bicyclic) bond motifs is 3. The van der Waals surface area contributed by atoms with Gasteiger partial charge in [-0.05, 0) is 66.8 Å². The first-order chi connectivity index (χ1) is 16.8. The molecule has 1 unspecified atom stereocenters. The Balaban J connectivity index is 1.68. The van der Waals surface area contributed by atoms with Crippen LogP contribution in [0.5, 0.6) is 5.75 Å². The van der Waals surface area contributed by atoms with Crippen molar-refractivity contribution in [2.75, 3.05) is 12.9 Å². The van der Waals surface area contributed by atoms with Gasteiger partial charge in [-0.15, -0.1) is 11.3 Å². The number of nitrogens with zero attached hydrogens (tertiary/aromatic N) is 2. The van der Waals surface area contributed by atoms with Gasteiger partial charge in [-0.25, -0.2) is 4.98 Å². The Kier molecular flexibility index (Phi) is 8.64. The van der Waals surface area contributed by atoms with Crippen LogP contribution in [0.2, 0.25) is 0 Å². The molecule has 4 nitrogen and oxygen atoms in total. The maximum Gasteiger partial charge on any atom is 0.267 e. The Morgan fingerprint density at radius 1 is 1.11 bits per heavy atom. The predicted molar refractivity (Wildman–Crippen MR) is 151 cm³/mol. The van der Waals surface area contributed by atoms with E-state index >= 15 is 0 Å². The van der Waals surface area contributed by atoms with Crippen LogP contribution in [-0.2, 0) is 12.8 Å². The van der Waals surface area contributed by atoms with Crippen LogP contribution in [0.3, 0.4) is 0 Å². The van der Waals surface area contributed by atoms with E-state index in [1.54, 1.807) is 30.2 Å². The van der Waals surface area contributed by atoms with E-state index in [1.165, 1.54) is 42.5 Å². The van der Waals surface area contributed by atoms with Gasteiger partial charge < -0.3 is 4.74 Å². The number of rotatable bonds is 10. The summed E-state index contributed by atoms with van der Waals surface area (Å²) in [5.74, 6) is 2.42. The summed E-state index contributed by atoms with van der Waals surface area (Å²) < 4.78 is 7.19. The van der Waals surface area contributed by atoms with Gasteiger partial charge in [0.15, 0.2) is 5.16 Å². The molecule has 1 atom stereocenters. The highest BCUT2D eigenvalue weighted by molar-refractivity contribution is 7.99. The van der Waals surface area contributed by atoms with Crippen LogP contribution in [0, 0.1) is 11.3 Å². The van der Waals surface area contributed by atoms with E-state index in [4.69, 9.17) is 9.72 Å². The van der Waals surface area contributed by atoms with Crippen LogP contribution in [0.15, 0.2) is 34.2 Å². The van der Waals surface area contributed by atoms with E-state index in [0.717, 1.165) is 58.2 Å². The highest BCUT2D eigenvalue weighted by Crippen LogP contribution is 2.42. The number of aromatic nitrogens is 2. The highest BCUT2D eigenvalue weighted by atomic mass is 32.2. The number of ether oxygens (including phenoxy) is 1. The number of thioether (sulfide) groups is 1. The number of hydrogen-bond acceptors (Lipinski definition) is 5. The van der Waals surface area contributed by atoms with Gasteiger partial charge in [-0.2, -0.15) is 0 Å². The first kappa shape index (κ1) is 26.3. The first-order valence-electron chi connectivity index (χ1n) is 13.2. The van der Waals surface area contributed by atoms with Crippen molar-refractivity contribution >= 4 is 33.3 Å². The summed E-state index contributed by atoms with van der Waals surface area (Å²) in [6.07, 6.45) is 10.8. The third kappa shape index (κ3) is 5.96. The van der Waals surface area contributed by atoms with E-state index in [1.807, 2.05) is 28.8 Å². The summed E-state index contributed by atoms with van der Waals surface area (Å²) in [4.78, 5) is 21.4. The third-order valence-corrected chi connectivity index (χ3v) is 9.51. The topological polar surface area (TPSA) is 44.1 Å². The molecule has 6 heteroatoms. The molecule has 0 fully saturated rings. The van der Waals surface area contributed by atoms with Crippen molar-refractivity contribution in [1.29, 1.82) is 0 Å². The van der Waals surface area contributed by atoms with E-state index < -0.39 is 0 Å². The van der Waals surface area contributed by atoms with Gasteiger partial charge in [0.1, 0.15) is 10.6 Å². The number of hydrogen-bond donors (Lipinski definition) is 0. The summed E-state index contributed by atoms with van der Waals surface area (Å²) in [6, 6.07) is 7.78. The molecule has 0 bridgehead atoms. The molecule has 35 heavy (non-hydrogen) atoms. The first-order valence-corrected chi connectivity index (χ1v) is 15.0. The van der Waals surface area contributed by atoms with E-state index in [2.05, 4.69) is 27.7 Å². The van der Waals surface area contributed by atoms with Crippen LogP contribution in [-0.4, -0.2) is 22.4 Å². The SMILES string of the molecule is CCCCCCCCSc1nc2sc3c(c2c(=O)n1-c1ccc(OC)cc1)CCC(C(C)(C)C)C3. The highest BCUT2D eigenvalue weighted by Gasteiger charge is 2.32. The van der Waals surface area contributed by atoms with Crippen molar-refractivity contribution in [1.82, 2.24) is 9.55 Å². The predicted octanol–water partition coefficient (Wildman–Crippen LogP) is 8.06. The molecule has 1 aliphatic rings. The fraction of sp³-hybridized carbons (Fsp3) is 0.586. The summed E-state index contributed by atoms with van der Waals surface area (Å²) in [7, 11) is 1.67. The molecule has 4 rings (SSSR count). The maximum absolute atomic E-state index is 14.0. The molecule has 190 valence electrons. The lowest BCUT2D eigenvalue weighted by atomic mass is 9.72. The zero-order valence-electron chi connectivity index (χ0n) is 22.0. The van der Waals surface area contributed by atoms with Crippen molar-refractivity contribution in [3.63, 3.8) is 0 Å². The minimum Gasteiger partial charge on any atom is -0.497 e. The van der Waals surface area contributed by atoms with Crippen LogP contribution >= 0.6 is 23.1 Å². The average molecular weight is 513 g/mol. The molecule has 0 amide bonds. The smallest absolute Gasteiger partial charge is 0.267 e. The Hall–Kier alpha value is -1.79. The second-order valence-electron chi connectivity index (χ2n) is 10.8. The largest absolute Gasteiger partial charge is 0.497 e. The molecule has 2 aromatic heterocycles. The Labute approximate surface area is 218 Å². The molecule has 0 saturated heterocycles. The molecule has 0 radical (unpaired) electrons. The second kappa shape index (κ2) is 11.5. The fourth-order valence-corrected chi connectivity index (χ4v) is 7.40. The Bertz CT molecular complexity index is 1190. The van der Waals surface area contributed by atoms with E-state index in [-0.39, 0.29) is 11.0 Å². The lowest BCUT2D eigenvalue weighted by Crippen LogP contribution is -2.27. The summed E-state index contributed by atoms with van der Waals surface area (Å²) in [5, 5.41) is 1.66. The minimum atomic E-state index is 0.0809. The van der Waals surface area contributed by atoms with Gasteiger partial charge in [0.05, 0.1) is 18.2 Å².